The normalized spacial score (nSPS) is 10.9. The Labute approximate surface area is 406 Å². The number of halogens is 4. The van der Waals surface area contributed by atoms with Crippen molar-refractivity contribution in [3.8, 4) is 22.3 Å². The molecular weight excluding hydrogens is 1140 g/mol. The van der Waals surface area contributed by atoms with Gasteiger partial charge in [-0.2, -0.15) is 0 Å². The zero-order chi connectivity index (χ0) is 36.1. The van der Waals surface area contributed by atoms with Crippen LogP contribution in [0.4, 0.5) is 11.4 Å². The van der Waals surface area contributed by atoms with E-state index in [4.69, 9.17) is 9.98 Å². The molecule has 10 heteroatoms. The minimum Gasteiger partial charge on any atom is -1.00 e. The number of rotatable bonds is 11. The predicted octanol–water partition coefficient (Wildman–Crippen LogP) is 1.25. The zero-order valence-electron chi connectivity index (χ0n) is 34.1. The second-order valence-electron chi connectivity index (χ2n) is 15.0. The number of benzene rings is 3. The Morgan fingerprint density at radius 3 is 1.04 bits per heavy atom. The van der Waals surface area contributed by atoms with Crippen LogP contribution in [0.25, 0.3) is 22.3 Å². The Morgan fingerprint density at radius 2 is 0.786 bits per heavy atom. The first-order valence-electron chi connectivity index (χ1n) is 18.3. The van der Waals surface area contributed by atoms with E-state index in [0.29, 0.717) is 29.6 Å². The second-order valence-corrected chi connectivity index (χ2v) is 15.0. The minimum absolute atomic E-state index is 0. The fourth-order valence-corrected chi connectivity index (χ4v) is 6.57. The van der Waals surface area contributed by atoms with Crippen molar-refractivity contribution in [2.24, 2.45) is 9.98 Å². The number of nitrogens with zero attached hydrogens (tertiary/aromatic N) is 4. The van der Waals surface area contributed by atoms with Gasteiger partial charge in [0.05, 0.1) is 35.2 Å². The smallest absolute Gasteiger partial charge is 1.00 e. The van der Waals surface area contributed by atoms with E-state index in [1.165, 1.54) is 55.6 Å². The minimum atomic E-state index is 0. The van der Waals surface area contributed by atoms with E-state index in [1.54, 1.807) is 0 Å². The molecule has 2 aromatic heterocycles. The molecule has 5 rings (SSSR count). The molecule has 0 N–H and O–H groups in total. The van der Waals surface area contributed by atoms with Crippen LogP contribution in [-0.2, 0) is 40.8 Å². The van der Waals surface area contributed by atoms with Crippen molar-refractivity contribution in [2.45, 2.75) is 106 Å². The molecule has 0 bridgehead atoms. The zero-order valence-corrected chi connectivity index (χ0v) is 43.5. The molecule has 0 atom stereocenters. The first kappa shape index (κ1) is 56.6. The molecule has 0 radical (unpaired) electrons. The molecule has 0 aliphatic rings. The van der Waals surface area contributed by atoms with Crippen molar-refractivity contribution in [1.29, 1.82) is 0 Å². The standard InChI is InChI=1S/C46H54N4.4BrH.2Pd/c1-28(2)34-20-43(35-22-39(29(3)4)45(40(23-35)30(5)6)49-26-37-16-12-14-18-47-37)33(11)44(21-34)36-24-41(31(7)8)46(42(25-36)32(9)10)50-27-38-17-13-15-19-48-38;;;;;;/h12-32H,1-11H3;4*1H;;/q;;;;;2*+2/p-4. The van der Waals surface area contributed by atoms with Crippen LogP contribution in [0, 0.1) is 6.92 Å². The van der Waals surface area contributed by atoms with Gasteiger partial charge in [0.1, 0.15) is 0 Å². The van der Waals surface area contributed by atoms with Crippen LogP contribution < -0.4 is 67.9 Å². The summed E-state index contributed by atoms with van der Waals surface area (Å²) in [6.45, 7) is 25.0. The van der Waals surface area contributed by atoms with Crippen LogP contribution in [0.15, 0.2) is 95.2 Å². The monoisotopic (exact) mass is 1190 g/mol. The van der Waals surface area contributed by atoms with Gasteiger partial charge in [0.25, 0.3) is 0 Å². The van der Waals surface area contributed by atoms with Gasteiger partial charge in [-0.1, -0.05) is 93.5 Å². The largest absolute Gasteiger partial charge is 2.00 e. The van der Waals surface area contributed by atoms with Crippen molar-refractivity contribution < 1.29 is 109 Å². The van der Waals surface area contributed by atoms with Crippen LogP contribution in [0.1, 0.15) is 144 Å². The van der Waals surface area contributed by atoms with Gasteiger partial charge >= 0.3 is 40.8 Å². The SMILES string of the molecule is Cc1c(-c2cc(C(C)C)c(N=Cc3ccccn3)c(C(C)C)c2)cc(C(C)C)cc1-c1cc(C(C)C)c(N=Cc2ccccn2)c(C(C)C)c1.[Br-].[Br-].[Br-].[Br-].[Pd+2].[Pd+2]. The van der Waals surface area contributed by atoms with Crippen molar-refractivity contribution in [1.82, 2.24) is 9.97 Å². The van der Waals surface area contributed by atoms with E-state index in [9.17, 15) is 0 Å². The molecule has 0 saturated carbocycles. The Bertz CT molecular complexity index is 1820. The first-order chi connectivity index (χ1) is 23.8. The maximum absolute atomic E-state index is 5.08. The van der Waals surface area contributed by atoms with Crippen molar-refractivity contribution in [3.63, 3.8) is 0 Å². The fourth-order valence-electron chi connectivity index (χ4n) is 6.57. The van der Waals surface area contributed by atoms with Crippen LogP contribution >= 0.6 is 0 Å². The maximum atomic E-state index is 5.08. The van der Waals surface area contributed by atoms with Crippen LogP contribution in [0.3, 0.4) is 0 Å². The molecular formula is C46H54Br4N4Pd2. The van der Waals surface area contributed by atoms with Gasteiger partial charge in [-0.05, 0) is 141 Å². The molecule has 0 unspecified atom stereocenters. The van der Waals surface area contributed by atoms with E-state index in [-0.39, 0.29) is 109 Å². The summed E-state index contributed by atoms with van der Waals surface area (Å²) < 4.78 is 0. The quantitative estimate of drug-likeness (QED) is 0.148. The topological polar surface area (TPSA) is 50.5 Å². The molecule has 306 valence electrons. The van der Waals surface area contributed by atoms with Gasteiger partial charge in [-0.3, -0.25) is 20.0 Å². The summed E-state index contributed by atoms with van der Waals surface area (Å²) in [6, 6.07) is 26.2. The second kappa shape index (κ2) is 25.9. The number of pyridine rings is 2. The average molecular weight is 1200 g/mol. The van der Waals surface area contributed by atoms with Gasteiger partial charge in [-0.15, -0.1) is 0 Å². The van der Waals surface area contributed by atoms with Gasteiger partial charge in [0.2, 0.25) is 0 Å². The Kier molecular flexibility index (Phi) is 26.2. The molecule has 56 heavy (non-hydrogen) atoms. The van der Waals surface area contributed by atoms with Crippen LogP contribution in [-0.4, -0.2) is 22.4 Å². The fraction of sp³-hybridized carbons (Fsp3) is 0.348. The van der Waals surface area contributed by atoms with Gasteiger partial charge in [-0.25, -0.2) is 0 Å². The third-order valence-electron chi connectivity index (χ3n) is 9.57. The molecule has 0 amide bonds. The van der Waals surface area contributed by atoms with E-state index in [1.807, 2.05) is 61.2 Å². The maximum Gasteiger partial charge on any atom is 2.00 e. The third kappa shape index (κ3) is 13.8. The Balaban J connectivity index is 0. The predicted molar refractivity (Wildman–Crippen MR) is 215 cm³/mol. The third-order valence-corrected chi connectivity index (χ3v) is 9.57. The van der Waals surface area contributed by atoms with E-state index in [2.05, 4.69) is 123 Å². The summed E-state index contributed by atoms with van der Waals surface area (Å²) >= 11 is 0. The molecule has 3 aromatic carbocycles. The molecule has 2 heterocycles. The summed E-state index contributed by atoms with van der Waals surface area (Å²) in [5.74, 6) is 1.59. The Morgan fingerprint density at radius 1 is 0.464 bits per heavy atom. The van der Waals surface area contributed by atoms with E-state index in [0.717, 1.165) is 22.8 Å². The molecule has 0 aliphatic carbocycles. The molecule has 5 aromatic rings. The number of aliphatic imine (C=N–C) groups is 2. The molecule has 0 fully saturated rings. The number of hydrogen-bond acceptors (Lipinski definition) is 4. The Hall–Kier alpha value is -1.46. The summed E-state index contributed by atoms with van der Waals surface area (Å²) in [6.07, 6.45) is 7.43. The van der Waals surface area contributed by atoms with Crippen molar-refractivity contribution in [3.05, 3.63) is 130 Å². The van der Waals surface area contributed by atoms with Crippen LogP contribution in [0.5, 0.6) is 0 Å². The molecule has 4 nitrogen and oxygen atoms in total. The van der Waals surface area contributed by atoms with Crippen molar-refractivity contribution in [2.75, 3.05) is 0 Å². The summed E-state index contributed by atoms with van der Waals surface area (Å²) in [5.41, 5.74) is 16.6. The van der Waals surface area contributed by atoms with Gasteiger partial charge < -0.3 is 67.9 Å². The summed E-state index contributed by atoms with van der Waals surface area (Å²) in [5, 5.41) is 0. The molecule has 0 aliphatic heterocycles. The van der Waals surface area contributed by atoms with Gasteiger partial charge in [0, 0.05) is 12.4 Å². The van der Waals surface area contributed by atoms with Crippen molar-refractivity contribution >= 4 is 23.8 Å². The van der Waals surface area contributed by atoms with Crippen LogP contribution in [0.2, 0.25) is 0 Å². The van der Waals surface area contributed by atoms with E-state index < -0.39 is 0 Å². The molecule has 0 spiro atoms. The van der Waals surface area contributed by atoms with Gasteiger partial charge in [0.15, 0.2) is 0 Å². The number of hydrogen-bond donors (Lipinski definition) is 0. The molecule has 0 saturated heterocycles. The average Bonchev–Trinajstić information content (AvgIpc) is 3.09. The summed E-state index contributed by atoms with van der Waals surface area (Å²) in [4.78, 5) is 19.1. The number of aromatic nitrogens is 2. The van der Waals surface area contributed by atoms with E-state index >= 15 is 0 Å². The first-order valence-corrected chi connectivity index (χ1v) is 18.3. The summed E-state index contributed by atoms with van der Waals surface area (Å²) in [7, 11) is 0.